The molecule has 0 aliphatic rings. The normalized spacial score (nSPS) is 13.6. The molecule has 0 saturated heterocycles. The first-order valence-corrected chi connectivity index (χ1v) is 5.81. The maximum atomic E-state index is 10.9. The number of nitrogens with zero attached hydrogens (tertiary/aromatic N) is 1. The van der Waals surface area contributed by atoms with E-state index in [4.69, 9.17) is 15.0 Å². The standard InChI is InChI=1S/C10H14N2O3S/c1-3-15-9-5-4-7(16(13)14)6-8(9)10(11)12-2/h4-6H,3H2,1-2H3,(H2,11,12)(H,13,14). The molecule has 88 valence electrons. The van der Waals surface area contributed by atoms with Crippen LogP contribution in [0.4, 0.5) is 0 Å². The van der Waals surface area contributed by atoms with Gasteiger partial charge in [0.1, 0.15) is 11.6 Å². The van der Waals surface area contributed by atoms with E-state index in [0.29, 0.717) is 17.9 Å². The van der Waals surface area contributed by atoms with E-state index in [1.54, 1.807) is 13.1 Å². The Bertz CT molecular complexity index is 432. The second-order valence-electron chi connectivity index (χ2n) is 2.95. The van der Waals surface area contributed by atoms with Gasteiger partial charge in [-0.3, -0.25) is 4.99 Å². The predicted octanol–water partition coefficient (Wildman–Crippen LogP) is 1.00. The van der Waals surface area contributed by atoms with E-state index in [1.165, 1.54) is 12.1 Å². The number of hydrogen-bond acceptors (Lipinski definition) is 3. The molecule has 0 spiro atoms. The number of amidine groups is 1. The maximum Gasteiger partial charge on any atom is 0.186 e. The Morgan fingerprint density at radius 1 is 1.62 bits per heavy atom. The van der Waals surface area contributed by atoms with Crippen LogP contribution in [0.3, 0.4) is 0 Å². The fraction of sp³-hybridized carbons (Fsp3) is 0.300. The van der Waals surface area contributed by atoms with Crippen molar-refractivity contribution in [2.45, 2.75) is 11.8 Å². The Morgan fingerprint density at radius 2 is 2.31 bits per heavy atom. The summed E-state index contributed by atoms with van der Waals surface area (Å²) in [6.07, 6.45) is 0. The highest BCUT2D eigenvalue weighted by molar-refractivity contribution is 7.79. The maximum absolute atomic E-state index is 10.9. The van der Waals surface area contributed by atoms with Gasteiger partial charge < -0.3 is 15.0 Å². The molecule has 0 radical (unpaired) electrons. The first kappa shape index (κ1) is 12.7. The van der Waals surface area contributed by atoms with E-state index < -0.39 is 11.1 Å². The van der Waals surface area contributed by atoms with Gasteiger partial charge in [-0.2, -0.15) is 0 Å². The average Bonchev–Trinajstić information content (AvgIpc) is 2.28. The van der Waals surface area contributed by atoms with Gasteiger partial charge >= 0.3 is 0 Å². The van der Waals surface area contributed by atoms with Crippen molar-refractivity contribution in [2.24, 2.45) is 10.7 Å². The van der Waals surface area contributed by atoms with Gasteiger partial charge in [-0.05, 0) is 25.1 Å². The van der Waals surface area contributed by atoms with Crippen LogP contribution in [-0.4, -0.2) is 28.3 Å². The molecular formula is C10H14N2O3S. The zero-order valence-electron chi connectivity index (χ0n) is 9.14. The summed E-state index contributed by atoms with van der Waals surface area (Å²) in [5, 5.41) is 0. The van der Waals surface area contributed by atoms with Crippen LogP contribution in [0.2, 0.25) is 0 Å². The monoisotopic (exact) mass is 242 g/mol. The van der Waals surface area contributed by atoms with Crippen LogP contribution >= 0.6 is 0 Å². The van der Waals surface area contributed by atoms with Crippen LogP contribution in [0.25, 0.3) is 0 Å². The van der Waals surface area contributed by atoms with Crippen LogP contribution in [0.15, 0.2) is 28.1 Å². The van der Waals surface area contributed by atoms with Gasteiger partial charge in [-0.25, -0.2) is 4.21 Å². The molecule has 3 N–H and O–H groups in total. The minimum atomic E-state index is -2.04. The fourth-order valence-electron chi connectivity index (χ4n) is 1.22. The molecule has 0 saturated carbocycles. The number of nitrogens with two attached hydrogens (primary N) is 1. The second-order valence-corrected chi connectivity index (χ2v) is 3.92. The largest absolute Gasteiger partial charge is 0.493 e. The summed E-state index contributed by atoms with van der Waals surface area (Å²) in [6, 6.07) is 4.64. The molecule has 1 rings (SSSR count). The Labute approximate surface area is 96.6 Å². The Balaban J connectivity index is 3.26. The van der Waals surface area contributed by atoms with Gasteiger partial charge in [0.25, 0.3) is 0 Å². The van der Waals surface area contributed by atoms with E-state index in [1.807, 2.05) is 6.92 Å². The second kappa shape index (κ2) is 5.62. The first-order chi connectivity index (χ1) is 7.60. The molecule has 1 aromatic rings. The van der Waals surface area contributed by atoms with Crippen LogP contribution in [0.1, 0.15) is 12.5 Å². The highest BCUT2D eigenvalue weighted by Crippen LogP contribution is 2.21. The zero-order chi connectivity index (χ0) is 12.1. The zero-order valence-corrected chi connectivity index (χ0v) is 9.95. The van der Waals surface area contributed by atoms with Crippen molar-refractivity contribution < 1.29 is 13.5 Å². The predicted molar refractivity (Wildman–Crippen MR) is 63.3 cm³/mol. The third-order valence-electron chi connectivity index (χ3n) is 1.97. The third kappa shape index (κ3) is 2.80. The van der Waals surface area contributed by atoms with Crippen LogP contribution in [-0.2, 0) is 11.1 Å². The van der Waals surface area contributed by atoms with Gasteiger partial charge in [0, 0.05) is 7.05 Å². The molecule has 0 fully saturated rings. The third-order valence-corrected chi connectivity index (χ3v) is 2.63. The fourth-order valence-corrected chi connectivity index (χ4v) is 1.62. The first-order valence-electron chi connectivity index (χ1n) is 4.70. The Hall–Kier alpha value is -1.40. The number of rotatable bonds is 4. The van der Waals surface area contributed by atoms with Crippen LogP contribution in [0.5, 0.6) is 5.75 Å². The van der Waals surface area contributed by atoms with Crippen LogP contribution in [0, 0.1) is 0 Å². The quantitative estimate of drug-likeness (QED) is 0.468. The van der Waals surface area contributed by atoms with E-state index in [9.17, 15) is 4.21 Å². The molecule has 0 heterocycles. The topological polar surface area (TPSA) is 84.9 Å². The van der Waals surface area contributed by atoms with Gasteiger partial charge in [0.15, 0.2) is 11.1 Å². The molecule has 0 aliphatic carbocycles. The summed E-state index contributed by atoms with van der Waals surface area (Å²) in [4.78, 5) is 4.10. The molecule has 0 aliphatic heterocycles. The van der Waals surface area contributed by atoms with Crippen molar-refractivity contribution in [3.05, 3.63) is 23.8 Å². The summed E-state index contributed by atoms with van der Waals surface area (Å²) < 4.78 is 25.3. The molecule has 0 aromatic heterocycles. The van der Waals surface area contributed by atoms with Gasteiger partial charge in [0.2, 0.25) is 0 Å². The number of ether oxygens (including phenoxy) is 1. The molecule has 1 atom stereocenters. The highest BCUT2D eigenvalue weighted by Gasteiger charge is 2.10. The summed E-state index contributed by atoms with van der Waals surface area (Å²) in [5.74, 6) is 0.829. The molecule has 6 heteroatoms. The summed E-state index contributed by atoms with van der Waals surface area (Å²) in [7, 11) is 1.55. The number of hydrogen-bond donors (Lipinski definition) is 2. The van der Waals surface area contributed by atoms with Crippen molar-refractivity contribution in [2.75, 3.05) is 13.7 Å². The lowest BCUT2D eigenvalue weighted by molar-refractivity contribution is 0.339. The summed E-state index contributed by atoms with van der Waals surface area (Å²) in [5.41, 5.74) is 6.22. The molecule has 1 unspecified atom stereocenters. The van der Waals surface area contributed by atoms with Crippen LogP contribution < -0.4 is 10.5 Å². The van der Waals surface area contributed by atoms with Crippen molar-refractivity contribution in [1.29, 1.82) is 0 Å². The molecule has 16 heavy (non-hydrogen) atoms. The van der Waals surface area contributed by atoms with E-state index in [2.05, 4.69) is 4.99 Å². The van der Waals surface area contributed by atoms with E-state index >= 15 is 0 Å². The molecule has 0 bridgehead atoms. The van der Waals surface area contributed by atoms with Crippen molar-refractivity contribution in [3.8, 4) is 5.75 Å². The Morgan fingerprint density at radius 3 is 2.81 bits per heavy atom. The van der Waals surface area contributed by atoms with Gasteiger partial charge in [-0.1, -0.05) is 0 Å². The molecular weight excluding hydrogens is 228 g/mol. The highest BCUT2D eigenvalue weighted by atomic mass is 32.2. The van der Waals surface area contributed by atoms with Crippen molar-refractivity contribution in [1.82, 2.24) is 0 Å². The lowest BCUT2D eigenvalue weighted by atomic mass is 10.2. The lowest BCUT2D eigenvalue weighted by Gasteiger charge is -2.10. The lowest BCUT2D eigenvalue weighted by Crippen LogP contribution is -2.15. The van der Waals surface area contributed by atoms with Gasteiger partial charge in [0.05, 0.1) is 17.1 Å². The summed E-state index contributed by atoms with van der Waals surface area (Å²) in [6.45, 7) is 2.34. The molecule has 1 aromatic carbocycles. The minimum absolute atomic E-state index is 0.269. The van der Waals surface area contributed by atoms with Gasteiger partial charge in [-0.15, -0.1) is 0 Å². The number of aliphatic imine (C=N–C) groups is 1. The van der Waals surface area contributed by atoms with E-state index in [0.717, 1.165) is 0 Å². The smallest absolute Gasteiger partial charge is 0.186 e. The minimum Gasteiger partial charge on any atom is -0.493 e. The molecule has 5 nitrogen and oxygen atoms in total. The molecule has 0 amide bonds. The SMILES string of the molecule is CCOc1ccc(S(=O)O)cc1C(N)=NC. The van der Waals surface area contributed by atoms with E-state index in [-0.39, 0.29) is 10.7 Å². The Kier molecular flexibility index (Phi) is 4.45. The number of benzene rings is 1. The van der Waals surface area contributed by atoms with Crippen molar-refractivity contribution >= 4 is 16.9 Å². The average molecular weight is 242 g/mol. The summed E-state index contributed by atoms with van der Waals surface area (Å²) >= 11 is -2.04. The van der Waals surface area contributed by atoms with Crippen molar-refractivity contribution in [3.63, 3.8) is 0 Å².